The SMILES string of the molecule is CN=C(NCc1cccc(NC(=O)CC(C)C)c1)NC1CC2CCC1O2.I. The molecule has 2 saturated heterocycles. The average Bonchev–Trinajstić information content (AvgIpc) is 3.21. The van der Waals surface area contributed by atoms with Gasteiger partial charge in [0.2, 0.25) is 5.91 Å². The number of fused-ring (bicyclic) bond motifs is 2. The van der Waals surface area contributed by atoms with Gasteiger partial charge in [0, 0.05) is 25.7 Å². The number of anilines is 1. The topological polar surface area (TPSA) is 74.8 Å². The molecule has 2 aliphatic rings. The molecule has 3 unspecified atom stereocenters. The molecule has 1 aromatic carbocycles. The van der Waals surface area contributed by atoms with Crippen molar-refractivity contribution in [2.24, 2.45) is 10.9 Å². The van der Waals surface area contributed by atoms with Gasteiger partial charge in [0.25, 0.3) is 0 Å². The maximum Gasteiger partial charge on any atom is 0.224 e. The number of benzene rings is 1. The van der Waals surface area contributed by atoms with Crippen LogP contribution in [0.4, 0.5) is 5.69 Å². The van der Waals surface area contributed by atoms with Crippen LogP contribution in [0.25, 0.3) is 0 Å². The Morgan fingerprint density at radius 3 is 2.78 bits per heavy atom. The lowest BCUT2D eigenvalue weighted by atomic mass is 9.96. The van der Waals surface area contributed by atoms with E-state index >= 15 is 0 Å². The minimum atomic E-state index is 0. The fourth-order valence-electron chi connectivity index (χ4n) is 3.69. The maximum atomic E-state index is 11.9. The van der Waals surface area contributed by atoms with E-state index in [1.165, 1.54) is 6.42 Å². The molecule has 150 valence electrons. The van der Waals surface area contributed by atoms with Crippen LogP contribution >= 0.6 is 24.0 Å². The van der Waals surface area contributed by atoms with E-state index in [1.807, 2.05) is 38.1 Å². The van der Waals surface area contributed by atoms with Crippen molar-refractivity contribution >= 4 is 41.5 Å². The molecule has 6 nitrogen and oxygen atoms in total. The van der Waals surface area contributed by atoms with Crippen LogP contribution in [0, 0.1) is 5.92 Å². The average molecular weight is 486 g/mol. The summed E-state index contributed by atoms with van der Waals surface area (Å²) in [5.41, 5.74) is 1.93. The molecule has 0 spiro atoms. The van der Waals surface area contributed by atoms with E-state index < -0.39 is 0 Å². The Morgan fingerprint density at radius 1 is 1.33 bits per heavy atom. The lowest BCUT2D eigenvalue weighted by Crippen LogP contribution is -2.47. The number of nitrogens with zero attached hydrogens (tertiary/aromatic N) is 1. The van der Waals surface area contributed by atoms with Gasteiger partial charge < -0.3 is 20.7 Å². The first-order valence-corrected chi connectivity index (χ1v) is 9.55. The summed E-state index contributed by atoms with van der Waals surface area (Å²) >= 11 is 0. The molecule has 0 aromatic heterocycles. The fourth-order valence-corrected chi connectivity index (χ4v) is 3.69. The zero-order valence-corrected chi connectivity index (χ0v) is 18.7. The second-order valence-electron chi connectivity index (χ2n) is 7.63. The van der Waals surface area contributed by atoms with Gasteiger partial charge in [-0.25, -0.2) is 0 Å². The van der Waals surface area contributed by atoms with Crippen LogP contribution in [-0.4, -0.2) is 37.2 Å². The van der Waals surface area contributed by atoms with Gasteiger partial charge in [0.05, 0.1) is 18.2 Å². The summed E-state index contributed by atoms with van der Waals surface area (Å²) in [5.74, 6) is 1.20. The number of carbonyl (C=O) groups excluding carboxylic acids is 1. The molecule has 0 radical (unpaired) electrons. The van der Waals surface area contributed by atoms with Crippen LogP contribution in [0.3, 0.4) is 0 Å². The van der Waals surface area contributed by atoms with Crippen LogP contribution in [0.5, 0.6) is 0 Å². The minimum absolute atomic E-state index is 0. The lowest BCUT2D eigenvalue weighted by Gasteiger charge is -2.22. The lowest BCUT2D eigenvalue weighted by molar-refractivity contribution is -0.116. The van der Waals surface area contributed by atoms with Gasteiger partial charge in [0.15, 0.2) is 5.96 Å². The summed E-state index contributed by atoms with van der Waals surface area (Å²) in [6.07, 6.45) is 4.65. The van der Waals surface area contributed by atoms with E-state index in [-0.39, 0.29) is 29.9 Å². The standard InChI is InChI=1S/C20H30N4O2.HI/c1-13(2)9-19(25)23-15-6-4-5-14(10-15)12-22-20(21-3)24-17-11-16-7-8-18(17)26-16;/h4-6,10,13,16-18H,7-9,11-12H2,1-3H3,(H,23,25)(H2,21,22,24);1H. The number of nitrogens with one attached hydrogen (secondary N) is 3. The third kappa shape index (κ3) is 6.34. The van der Waals surface area contributed by atoms with Crippen molar-refractivity contribution in [3.05, 3.63) is 29.8 Å². The van der Waals surface area contributed by atoms with Crippen molar-refractivity contribution in [2.75, 3.05) is 12.4 Å². The van der Waals surface area contributed by atoms with Crippen molar-refractivity contribution in [3.8, 4) is 0 Å². The number of carbonyl (C=O) groups is 1. The molecule has 3 rings (SSSR count). The molecule has 1 amide bonds. The van der Waals surface area contributed by atoms with Crippen LogP contribution in [-0.2, 0) is 16.1 Å². The smallest absolute Gasteiger partial charge is 0.224 e. The monoisotopic (exact) mass is 486 g/mol. The van der Waals surface area contributed by atoms with Gasteiger partial charge in [-0.05, 0) is 42.9 Å². The van der Waals surface area contributed by atoms with E-state index in [0.29, 0.717) is 37.1 Å². The van der Waals surface area contributed by atoms with Gasteiger partial charge in [0.1, 0.15) is 0 Å². The van der Waals surface area contributed by atoms with Gasteiger partial charge in [-0.2, -0.15) is 0 Å². The molecule has 0 aliphatic carbocycles. The molecular weight excluding hydrogens is 455 g/mol. The largest absolute Gasteiger partial charge is 0.373 e. The highest BCUT2D eigenvalue weighted by Gasteiger charge is 2.41. The minimum Gasteiger partial charge on any atom is -0.373 e. The summed E-state index contributed by atoms with van der Waals surface area (Å²) in [4.78, 5) is 16.3. The number of aliphatic imine (C=N–C) groups is 1. The number of hydrogen-bond acceptors (Lipinski definition) is 3. The van der Waals surface area contributed by atoms with E-state index in [0.717, 1.165) is 30.1 Å². The Labute approximate surface area is 178 Å². The van der Waals surface area contributed by atoms with Crippen molar-refractivity contribution in [2.45, 2.75) is 64.3 Å². The van der Waals surface area contributed by atoms with Crippen molar-refractivity contribution in [1.29, 1.82) is 0 Å². The molecule has 0 saturated carbocycles. The van der Waals surface area contributed by atoms with Gasteiger partial charge in [-0.1, -0.05) is 26.0 Å². The van der Waals surface area contributed by atoms with Gasteiger partial charge >= 0.3 is 0 Å². The Kier molecular flexibility index (Phi) is 8.34. The Hall–Kier alpha value is -1.35. The van der Waals surface area contributed by atoms with Crippen LogP contribution in [0.1, 0.15) is 45.1 Å². The number of guanidine groups is 1. The van der Waals surface area contributed by atoms with Crippen molar-refractivity contribution in [1.82, 2.24) is 10.6 Å². The number of hydrogen-bond donors (Lipinski definition) is 3. The first-order valence-electron chi connectivity index (χ1n) is 9.55. The van der Waals surface area contributed by atoms with E-state index in [4.69, 9.17) is 4.74 Å². The Morgan fingerprint density at radius 2 is 2.15 bits per heavy atom. The third-order valence-electron chi connectivity index (χ3n) is 4.92. The fraction of sp³-hybridized carbons (Fsp3) is 0.600. The van der Waals surface area contributed by atoms with Crippen LogP contribution < -0.4 is 16.0 Å². The summed E-state index contributed by atoms with van der Waals surface area (Å²) in [5, 5.41) is 9.80. The quantitative estimate of drug-likeness (QED) is 0.328. The number of amides is 1. The normalized spacial score (nSPS) is 23.9. The molecule has 1 aromatic rings. The molecule has 27 heavy (non-hydrogen) atoms. The zero-order valence-electron chi connectivity index (χ0n) is 16.3. The second kappa shape index (κ2) is 10.3. The first-order chi connectivity index (χ1) is 12.5. The Balaban J connectivity index is 0.00000261. The maximum absolute atomic E-state index is 11.9. The highest BCUT2D eigenvalue weighted by atomic mass is 127. The number of ether oxygens (including phenoxy) is 1. The van der Waals surface area contributed by atoms with Crippen LogP contribution in [0.2, 0.25) is 0 Å². The van der Waals surface area contributed by atoms with Crippen molar-refractivity contribution < 1.29 is 9.53 Å². The van der Waals surface area contributed by atoms with Crippen LogP contribution in [0.15, 0.2) is 29.3 Å². The summed E-state index contributed by atoms with van der Waals surface area (Å²) in [7, 11) is 1.78. The van der Waals surface area contributed by atoms with Gasteiger partial charge in [-0.15, -0.1) is 24.0 Å². The summed E-state index contributed by atoms with van der Waals surface area (Å²) < 4.78 is 5.89. The predicted octanol–water partition coefficient (Wildman–Crippen LogP) is 3.27. The first kappa shape index (κ1) is 21.9. The second-order valence-corrected chi connectivity index (χ2v) is 7.63. The van der Waals surface area contributed by atoms with Gasteiger partial charge in [-0.3, -0.25) is 9.79 Å². The van der Waals surface area contributed by atoms with E-state index in [2.05, 4.69) is 20.9 Å². The molecule has 2 heterocycles. The molecule has 2 bridgehead atoms. The molecule has 3 atom stereocenters. The zero-order chi connectivity index (χ0) is 18.5. The van der Waals surface area contributed by atoms with E-state index in [1.54, 1.807) is 7.05 Å². The Bertz CT molecular complexity index is 665. The summed E-state index contributed by atoms with van der Waals surface area (Å²) in [6.45, 7) is 4.73. The molecular formula is C20H31IN4O2. The molecule has 2 aliphatic heterocycles. The predicted molar refractivity (Wildman–Crippen MR) is 120 cm³/mol. The summed E-state index contributed by atoms with van der Waals surface area (Å²) in [6, 6.07) is 8.27. The highest BCUT2D eigenvalue weighted by molar-refractivity contribution is 14.0. The molecule has 2 fully saturated rings. The highest BCUT2D eigenvalue weighted by Crippen LogP contribution is 2.34. The molecule has 7 heteroatoms. The third-order valence-corrected chi connectivity index (χ3v) is 4.92. The van der Waals surface area contributed by atoms with E-state index in [9.17, 15) is 4.79 Å². The number of rotatable bonds is 6. The number of halogens is 1. The molecule has 3 N–H and O–H groups in total. The van der Waals surface area contributed by atoms with Crippen molar-refractivity contribution in [3.63, 3.8) is 0 Å².